The first-order valence-electron chi connectivity index (χ1n) is 9.06. The van der Waals surface area contributed by atoms with Gasteiger partial charge >= 0.3 is 0 Å². The first kappa shape index (κ1) is 18.1. The fourth-order valence-electron chi connectivity index (χ4n) is 2.84. The maximum Gasteiger partial charge on any atom is 0.193 e. The van der Waals surface area contributed by atoms with E-state index >= 15 is 0 Å². The predicted octanol–water partition coefficient (Wildman–Crippen LogP) is 5.43. The predicted molar refractivity (Wildman–Crippen MR) is 104 cm³/mol. The highest BCUT2D eigenvalue weighted by molar-refractivity contribution is 5.80. The number of unbranched alkanes of at least 4 members (excludes halogenated alkanes) is 3. The molecule has 0 radical (unpaired) electrons. The number of methoxy groups -OCH3 is 1. The Hall–Kier alpha value is -2.75. The Labute approximate surface area is 153 Å². The summed E-state index contributed by atoms with van der Waals surface area (Å²) in [7, 11) is 1.62. The highest BCUT2D eigenvalue weighted by atomic mass is 16.5. The van der Waals surface area contributed by atoms with Crippen LogP contribution in [0.2, 0.25) is 0 Å². The van der Waals surface area contributed by atoms with Crippen molar-refractivity contribution in [3.8, 4) is 22.8 Å². The van der Waals surface area contributed by atoms with E-state index in [-0.39, 0.29) is 5.43 Å². The van der Waals surface area contributed by atoms with Crippen LogP contribution in [0.3, 0.4) is 0 Å². The Kier molecular flexibility index (Phi) is 5.95. The van der Waals surface area contributed by atoms with Crippen LogP contribution in [0.4, 0.5) is 0 Å². The molecule has 4 heteroatoms. The lowest BCUT2D eigenvalue weighted by atomic mass is 10.1. The van der Waals surface area contributed by atoms with Crippen LogP contribution in [-0.4, -0.2) is 13.7 Å². The van der Waals surface area contributed by atoms with Gasteiger partial charge in [-0.25, -0.2) is 0 Å². The number of benzene rings is 2. The van der Waals surface area contributed by atoms with E-state index in [0.29, 0.717) is 29.1 Å². The van der Waals surface area contributed by atoms with Gasteiger partial charge in [-0.3, -0.25) is 4.79 Å². The van der Waals surface area contributed by atoms with Crippen molar-refractivity contribution in [3.63, 3.8) is 0 Å². The summed E-state index contributed by atoms with van der Waals surface area (Å²) >= 11 is 0. The van der Waals surface area contributed by atoms with Gasteiger partial charge in [0.2, 0.25) is 0 Å². The average molecular weight is 352 g/mol. The van der Waals surface area contributed by atoms with E-state index in [0.717, 1.165) is 24.2 Å². The van der Waals surface area contributed by atoms with Gasteiger partial charge in [0.1, 0.15) is 22.8 Å². The fraction of sp³-hybridized carbons (Fsp3) is 0.318. The molecule has 0 N–H and O–H groups in total. The zero-order valence-electron chi connectivity index (χ0n) is 15.3. The van der Waals surface area contributed by atoms with Crippen LogP contribution in [-0.2, 0) is 0 Å². The second-order valence-corrected chi connectivity index (χ2v) is 6.27. The minimum absolute atomic E-state index is 0.0755. The van der Waals surface area contributed by atoms with Crippen molar-refractivity contribution in [1.29, 1.82) is 0 Å². The molecule has 0 saturated heterocycles. The minimum atomic E-state index is -0.0755. The minimum Gasteiger partial charge on any atom is -0.497 e. The first-order valence-corrected chi connectivity index (χ1v) is 9.06. The summed E-state index contributed by atoms with van der Waals surface area (Å²) in [5.41, 5.74) is 1.32. The summed E-state index contributed by atoms with van der Waals surface area (Å²) in [5, 5.41) is 0.535. The number of hydrogen-bond donors (Lipinski definition) is 0. The van der Waals surface area contributed by atoms with Crippen molar-refractivity contribution in [3.05, 3.63) is 58.8 Å². The number of fused-ring (bicyclic) bond motifs is 1. The number of ether oxygens (including phenoxy) is 2. The van der Waals surface area contributed by atoms with Crippen molar-refractivity contribution >= 4 is 11.0 Å². The van der Waals surface area contributed by atoms with E-state index in [9.17, 15) is 4.79 Å². The van der Waals surface area contributed by atoms with Crippen molar-refractivity contribution in [1.82, 2.24) is 0 Å². The molecule has 0 aliphatic heterocycles. The first-order chi connectivity index (χ1) is 12.7. The van der Waals surface area contributed by atoms with Crippen molar-refractivity contribution < 1.29 is 13.9 Å². The summed E-state index contributed by atoms with van der Waals surface area (Å²) in [6.45, 7) is 2.85. The molecule has 2 aromatic carbocycles. The van der Waals surface area contributed by atoms with E-state index in [4.69, 9.17) is 13.9 Å². The van der Waals surface area contributed by atoms with Crippen LogP contribution >= 0.6 is 0 Å². The molecule has 1 aromatic heterocycles. The molecule has 1 heterocycles. The molecule has 4 nitrogen and oxygen atoms in total. The Bertz CT molecular complexity index is 910. The molecular weight excluding hydrogens is 328 g/mol. The van der Waals surface area contributed by atoms with Gasteiger partial charge in [-0.1, -0.05) is 26.2 Å². The lowest BCUT2D eigenvalue weighted by molar-refractivity contribution is 0.305. The third-order valence-electron chi connectivity index (χ3n) is 4.34. The van der Waals surface area contributed by atoms with Crippen LogP contribution in [0.5, 0.6) is 11.5 Å². The Morgan fingerprint density at radius 1 is 0.923 bits per heavy atom. The van der Waals surface area contributed by atoms with Crippen LogP contribution in [0.25, 0.3) is 22.3 Å². The molecule has 3 rings (SSSR count). The molecule has 0 bridgehead atoms. The van der Waals surface area contributed by atoms with Gasteiger partial charge in [0.05, 0.1) is 19.1 Å². The van der Waals surface area contributed by atoms with Crippen molar-refractivity contribution in [2.75, 3.05) is 13.7 Å². The van der Waals surface area contributed by atoms with Gasteiger partial charge in [0, 0.05) is 11.6 Å². The van der Waals surface area contributed by atoms with Gasteiger partial charge in [0.15, 0.2) is 5.43 Å². The zero-order valence-corrected chi connectivity index (χ0v) is 15.3. The monoisotopic (exact) mass is 352 g/mol. The maximum atomic E-state index is 12.5. The summed E-state index contributed by atoms with van der Waals surface area (Å²) in [6.07, 6.45) is 4.61. The second-order valence-electron chi connectivity index (χ2n) is 6.27. The molecule has 0 unspecified atom stereocenters. The highest BCUT2D eigenvalue weighted by Crippen LogP contribution is 2.26. The molecule has 0 atom stereocenters. The third-order valence-corrected chi connectivity index (χ3v) is 4.34. The summed E-state index contributed by atoms with van der Waals surface area (Å²) in [4.78, 5) is 12.5. The van der Waals surface area contributed by atoms with Gasteiger partial charge in [-0.2, -0.15) is 0 Å². The summed E-state index contributed by atoms with van der Waals surface area (Å²) in [5.74, 6) is 2.01. The van der Waals surface area contributed by atoms with Crippen LogP contribution in [0.15, 0.2) is 57.7 Å². The Morgan fingerprint density at radius 2 is 1.69 bits per heavy atom. The topological polar surface area (TPSA) is 48.7 Å². The molecule has 0 aliphatic rings. The van der Waals surface area contributed by atoms with Gasteiger partial charge in [-0.05, 0) is 48.9 Å². The molecule has 0 saturated carbocycles. The van der Waals surface area contributed by atoms with E-state index in [2.05, 4.69) is 6.92 Å². The summed E-state index contributed by atoms with van der Waals surface area (Å²) in [6, 6.07) is 14.4. The Morgan fingerprint density at radius 3 is 2.42 bits per heavy atom. The smallest absolute Gasteiger partial charge is 0.193 e. The van der Waals surface area contributed by atoms with E-state index in [1.165, 1.54) is 18.9 Å². The molecule has 0 spiro atoms. The molecule has 3 aromatic rings. The van der Waals surface area contributed by atoms with E-state index < -0.39 is 0 Å². The van der Waals surface area contributed by atoms with Crippen molar-refractivity contribution in [2.24, 2.45) is 0 Å². The van der Waals surface area contributed by atoms with E-state index in [1.807, 2.05) is 30.3 Å². The van der Waals surface area contributed by atoms with Gasteiger partial charge < -0.3 is 13.9 Å². The summed E-state index contributed by atoms with van der Waals surface area (Å²) < 4.78 is 16.8. The standard InChI is InChI=1S/C22H24O4/c1-3-4-5-6-13-25-18-11-12-21-19(14-18)20(23)15-22(26-21)16-7-9-17(24-2)10-8-16/h7-12,14-15H,3-6,13H2,1-2H3. The van der Waals surface area contributed by atoms with Crippen molar-refractivity contribution in [2.45, 2.75) is 32.6 Å². The van der Waals surface area contributed by atoms with Crippen LogP contribution < -0.4 is 14.9 Å². The largest absolute Gasteiger partial charge is 0.497 e. The van der Waals surface area contributed by atoms with E-state index in [1.54, 1.807) is 19.2 Å². The molecule has 26 heavy (non-hydrogen) atoms. The number of rotatable bonds is 8. The fourth-order valence-corrected chi connectivity index (χ4v) is 2.84. The normalized spacial score (nSPS) is 10.8. The van der Waals surface area contributed by atoms with Crippen LogP contribution in [0.1, 0.15) is 32.6 Å². The zero-order chi connectivity index (χ0) is 18.4. The molecule has 0 fully saturated rings. The molecule has 0 aliphatic carbocycles. The molecular formula is C22H24O4. The quantitative estimate of drug-likeness (QED) is 0.507. The Balaban J connectivity index is 1.80. The highest BCUT2D eigenvalue weighted by Gasteiger charge is 2.08. The second kappa shape index (κ2) is 8.56. The lowest BCUT2D eigenvalue weighted by Gasteiger charge is -2.08. The third kappa shape index (κ3) is 4.26. The van der Waals surface area contributed by atoms with Gasteiger partial charge in [-0.15, -0.1) is 0 Å². The lowest BCUT2D eigenvalue weighted by Crippen LogP contribution is -2.02. The molecule has 0 amide bonds. The average Bonchev–Trinajstić information content (AvgIpc) is 2.68. The van der Waals surface area contributed by atoms with Gasteiger partial charge in [0.25, 0.3) is 0 Å². The number of hydrogen-bond acceptors (Lipinski definition) is 4. The SMILES string of the molecule is CCCCCCOc1ccc2oc(-c3ccc(OC)cc3)cc(=O)c2c1. The maximum absolute atomic E-state index is 12.5. The molecule has 136 valence electrons. The van der Waals surface area contributed by atoms with Crippen LogP contribution in [0, 0.1) is 0 Å².